The van der Waals surface area contributed by atoms with Crippen molar-refractivity contribution in [1.82, 2.24) is 10.1 Å². The lowest BCUT2D eigenvalue weighted by Crippen LogP contribution is -2.30. The molecule has 8 heteroatoms. The second-order valence-corrected chi connectivity index (χ2v) is 5.25. The zero-order chi connectivity index (χ0) is 15.6. The van der Waals surface area contributed by atoms with Gasteiger partial charge in [-0.15, -0.1) is 0 Å². The fourth-order valence-corrected chi connectivity index (χ4v) is 1.60. The van der Waals surface area contributed by atoms with Gasteiger partial charge in [-0.1, -0.05) is 11.2 Å². The fraction of sp³-hybridized carbons (Fsp3) is 0.385. The number of nitrogens with zero attached hydrogens (tertiary/aromatic N) is 3. The Balaban J connectivity index is 2.15. The van der Waals surface area contributed by atoms with Crippen LogP contribution in [0.1, 0.15) is 31.1 Å². The predicted molar refractivity (Wildman–Crippen MR) is 73.7 cm³/mol. The van der Waals surface area contributed by atoms with Crippen LogP contribution in [-0.2, 0) is 12.1 Å². The van der Waals surface area contributed by atoms with Crippen LogP contribution in [0.4, 0.5) is 5.69 Å². The van der Waals surface area contributed by atoms with Gasteiger partial charge in [0, 0.05) is 6.07 Å². The molecule has 2 N–H and O–H groups in total. The first-order valence-electron chi connectivity index (χ1n) is 6.27. The number of hydrogen-bond donors (Lipinski definition) is 1. The number of aromatic nitrogens is 2. The third kappa shape index (κ3) is 3.54. The van der Waals surface area contributed by atoms with Gasteiger partial charge in [0.2, 0.25) is 0 Å². The van der Waals surface area contributed by atoms with E-state index in [1.165, 1.54) is 6.07 Å². The molecule has 0 aliphatic carbocycles. The number of benzene rings is 1. The van der Waals surface area contributed by atoms with Gasteiger partial charge in [0.15, 0.2) is 18.2 Å². The molecule has 0 fully saturated rings. The van der Waals surface area contributed by atoms with E-state index in [-0.39, 0.29) is 23.9 Å². The summed E-state index contributed by atoms with van der Waals surface area (Å²) in [6.45, 7) is 5.24. The molecule has 0 aliphatic heterocycles. The van der Waals surface area contributed by atoms with Crippen LogP contribution < -0.4 is 10.5 Å². The van der Waals surface area contributed by atoms with E-state index in [4.69, 9.17) is 15.0 Å². The summed E-state index contributed by atoms with van der Waals surface area (Å²) < 4.78 is 10.4. The number of aryl methyl sites for hydroxylation is 1. The van der Waals surface area contributed by atoms with E-state index < -0.39 is 10.5 Å². The Morgan fingerprint density at radius 3 is 2.76 bits per heavy atom. The first kappa shape index (κ1) is 14.9. The first-order chi connectivity index (χ1) is 9.77. The molecule has 112 valence electrons. The van der Waals surface area contributed by atoms with Crippen molar-refractivity contribution in [2.24, 2.45) is 5.73 Å². The maximum absolute atomic E-state index is 10.9. The third-order valence-electron chi connectivity index (χ3n) is 2.71. The number of nitrogens with two attached hydrogens (primary N) is 1. The highest BCUT2D eigenvalue weighted by molar-refractivity contribution is 5.48. The van der Waals surface area contributed by atoms with Crippen molar-refractivity contribution >= 4 is 5.69 Å². The fourth-order valence-electron chi connectivity index (χ4n) is 1.60. The van der Waals surface area contributed by atoms with Crippen LogP contribution in [0.2, 0.25) is 0 Å². The summed E-state index contributed by atoms with van der Waals surface area (Å²) in [6.07, 6.45) is 0. The van der Waals surface area contributed by atoms with E-state index >= 15 is 0 Å². The Morgan fingerprint density at radius 1 is 1.48 bits per heavy atom. The monoisotopic (exact) mass is 292 g/mol. The second-order valence-electron chi connectivity index (χ2n) is 5.25. The maximum atomic E-state index is 10.9. The molecule has 0 bridgehead atoms. The van der Waals surface area contributed by atoms with Crippen molar-refractivity contribution in [3.05, 3.63) is 45.6 Å². The molecule has 0 atom stereocenters. The molecule has 0 aliphatic rings. The van der Waals surface area contributed by atoms with Crippen molar-refractivity contribution in [2.45, 2.75) is 32.9 Å². The molecule has 1 aromatic heterocycles. The number of hydrogen-bond acceptors (Lipinski definition) is 7. The highest BCUT2D eigenvalue weighted by Gasteiger charge is 2.22. The largest absolute Gasteiger partial charge is 0.477 e. The van der Waals surface area contributed by atoms with Crippen LogP contribution in [-0.4, -0.2) is 15.1 Å². The van der Waals surface area contributed by atoms with Gasteiger partial charge in [0.25, 0.3) is 5.89 Å². The molecule has 21 heavy (non-hydrogen) atoms. The minimum absolute atomic E-state index is 0.0621. The smallest absolute Gasteiger partial charge is 0.310 e. The van der Waals surface area contributed by atoms with E-state index in [2.05, 4.69) is 10.1 Å². The lowest BCUT2D eigenvalue weighted by Gasteiger charge is -2.11. The van der Waals surface area contributed by atoms with Gasteiger partial charge in [-0.05, 0) is 32.4 Å². The number of nitro benzene ring substituents is 1. The quantitative estimate of drug-likeness (QED) is 0.661. The molecular weight excluding hydrogens is 276 g/mol. The molecule has 0 unspecified atom stereocenters. The summed E-state index contributed by atoms with van der Waals surface area (Å²) in [6, 6.07) is 4.63. The highest BCUT2D eigenvalue weighted by atomic mass is 16.6. The van der Waals surface area contributed by atoms with E-state index in [1.54, 1.807) is 26.0 Å². The summed E-state index contributed by atoms with van der Waals surface area (Å²) in [5.74, 6) is 0.714. The summed E-state index contributed by atoms with van der Waals surface area (Å²) in [5.41, 5.74) is 5.86. The predicted octanol–water partition coefficient (Wildman–Crippen LogP) is 2.06. The Morgan fingerprint density at radius 2 is 2.19 bits per heavy atom. The van der Waals surface area contributed by atoms with Crippen LogP contribution in [0.25, 0.3) is 0 Å². The molecule has 0 saturated carbocycles. The molecule has 0 saturated heterocycles. The first-order valence-corrected chi connectivity index (χ1v) is 6.27. The van der Waals surface area contributed by atoms with E-state index in [0.29, 0.717) is 5.82 Å². The van der Waals surface area contributed by atoms with Crippen LogP contribution in [0.15, 0.2) is 22.7 Å². The lowest BCUT2D eigenvalue weighted by molar-refractivity contribution is -0.386. The van der Waals surface area contributed by atoms with Gasteiger partial charge in [-0.2, -0.15) is 4.98 Å². The summed E-state index contributed by atoms with van der Waals surface area (Å²) >= 11 is 0. The maximum Gasteiger partial charge on any atom is 0.310 e. The topological polar surface area (TPSA) is 117 Å². The second kappa shape index (κ2) is 5.49. The molecule has 1 heterocycles. The Labute approximate surface area is 121 Å². The van der Waals surface area contributed by atoms with E-state index in [0.717, 1.165) is 5.56 Å². The van der Waals surface area contributed by atoms with E-state index in [9.17, 15) is 10.1 Å². The standard InChI is InChI=1S/C13H16N4O4/c1-8-4-5-9(17(18)19)10(6-8)20-7-11-15-12(16-21-11)13(2,3)14/h4-6H,7,14H2,1-3H3. The zero-order valence-corrected chi connectivity index (χ0v) is 12.0. The van der Waals surface area contributed by atoms with Crippen LogP contribution in [0.3, 0.4) is 0 Å². The van der Waals surface area contributed by atoms with Gasteiger partial charge < -0.3 is 15.0 Å². The number of ether oxygens (including phenoxy) is 1. The van der Waals surface area contributed by atoms with Crippen LogP contribution >= 0.6 is 0 Å². The van der Waals surface area contributed by atoms with Crippen molar-refractivity contribution in [3.63, 3.8) is 0 Å². The molecule has 0 spiro atoms. The Hall–Kier alpha value is -2.48. The summed E-state index contributed by atoms with van der Waals surface area (Å²) in [5, 5.41) is 14.7. The number of rotatable bonds is 5. The van der Waals surface area contributed by atoms with Gasteiger partial charge >= 0.3 is 5.69 Å². The minimum Gasteiger partial charge on any atom is -0.477 e. The molecule has 0 radical (unpaired) electrons. The zero-order valence-electron chi connectivity index (χ0n) is 12.0. The third-order valence-corrected chi connectivity index (χ3v) is 2.71. The normalized spacial score (nSPS) is 11.4. The van der Waals surface area contributed by atoms with Crippen LogP contribution in [0, 0.1) is 17.0 Å². The average molecular weight is 292 g/mol. The SMILES string of the molecule is Cc1ccc([N+](=O)[O-])c(OCc2nc(C(C)(C)N)no2)c1. The molecule has 1 aromatic carbocycles. The van der Waals surface area contributed by atoms with Gasteiger partial charge in [-0.25, -0.2) is 0 Å². The van der Waals surface area contributed by atoms with Gasteiger partial charge in [0.05, 0.1) is 10.5 Å². The average Bonchev–Trinajstić information content (AvgIpc) is 2.84. The lowest BCUT2D eigenvalue weighted by atomic mass is 10.1. The Kier molecular flexibility index (Phi) is 3.90. The van der Waals surface area contributed by atoms with Gasteiger partial charge in [-0.3, -0.25) is 10.1 Å². The van der Waals surface area contributed by atoms with Crippen molar-refractivity contribution < 1.29 is 14.2 Å². The molecule has 8 nitrogen and oxygen atoms in total. The number of nitro groups is 1. The molecule has 0 amide bonds. The van der Waals surface area contributed by atoms with E-state index in [1.807, 2.05) is 6.92 Å². The molecule has 2 rings (SSSR count). The Bertz CT molecular complexity index is 660. The minimum atomic E-state index is -0.725. The van der Waals surface area contributed by atoms with Crippen molar-refractivity contribution in [3.8, 4) is 5.75 Å². The van der Waals surface area contributed by atoms with Crippen LogP contribution in [0.5, 0.6) is 5.75 Å². The molecule has 2 aromatic rings. The van der Waals surface area contributed by atoms with Crippen molar-refractivity contribution in [2.75, 3.05) is 0 Å². The summed E-state index contributed by atoms with van der Waals surface area (Å²) in [4.78, 5) is 14.5. The summed E-state index contributed by atoms with van der Waals surface area (Å²) in [7, 11) is 0. The molecular formula is C13H16N4O4. The van der Waals surface area contributed by atoms with Gasteiger partial charge in [0.1, 0.15) is 0 Å². The highest BCUT2D eigenvalue weighted by Crippen LogP contribution is 2.28. The van der Waals surface area contributed by atoms with Crippen molar-refractivity contribution in [1.29, 1.82) is 0 Å².